The second kappa shape index (κ2) is 10.6. The van der Waals surface area contributed by atoms with Crippen LogP contribution >= 0.6 is 0 Å². The molecule has 1 N–H and O–H groups in total. The Labute approximate surface area is 194 Å². The van der Waals surface area contributed by atoms with Crippen LogP contribution in [0.3, 0.4) is 0 Å². The number of aliphatic hydroxyl groups is 1. The highest BCUT2D eigenvalue weighted by Gasteiger charge is 2.38. The Hall–Kier alpha value is -2.60. The molecule has 11 heteroatoms. The maximum absolute atomic E-state index is 13.5. The summed E-state index contributed by atoms with van der Waals surface area (Å²) in [7, 11) is -0.844. The number of likely N-dealkylation sites (N-methyl/N-ethyl adjacent to an activating group) is 1. The Morgan fingerprint density at radius 3 is 2.67 bits per heavy atom. The summed E-state index contributed by atoms with van der Waals surface area (Å²) in [4.78, 5) is 21.8. The van der Waals surface area contributed by atoms with Gasteiger partial charge in [-0.2, -0.15) is 4.31 Å². The number of aromatic nitrogens is 2. The zero-order valence-corrected chi connectivity index (χ0v) is 20.0. The van der Waals surface area contributed by atoms with Gasteiger partial charge in [-0.25, -0.2) is 18.4 Å². The van der Waals surface area contributed by atoms with E-state index < -0.39 is 22.2 Å². The van der Waals surface area contributed by atoms with Crippen molar-refractivity contribution in [2.45, 2.75) is 30.9 Å². The third-order valence-electron chi connectivity index (χ3n) is 5.71. The summed E-state index contributed by atoms with van der Waals surface area (Å²) in [5.41, 5.74) is 1.41. The molecule has 1 aromatic heterocycles. The van der Waals surface area contributed by atoms with Crippen LogP contribution in [0.4, 0.5) is 0 Å². The maximum atomic E-state index is 13.5. The minimum absolute atomic E-state index is 0.00571. The number of fused-ring (bicyclic) bond motifs is 1. The summed E-state index contributed by atoms with van der Waals surface area (Å²) in [6.45, 7) is 3.52. The van der Waals surface area contributed by atoms with Crippen LogP contribution in [-0.4, -0.2) is 91.2 Å². The lowest BCUT2D eigenvalue weighted by molar-refractivity contribution is -0.135. The van der Waals surface area contributed by atoms with E-state index in [1.54, 1.807) is 38.5 Å². The van der Waals surface area contributed by atoms with E-state index in [9.17, 15) is 18.3 Å². The van der Waals surface area contributed by atoms with Crippen molar-refractivity contribution in [1.82, 2.24) is 19.2 Å². The van der Waals surface area contributed by atoms with Crippen LogP contribution in [-0.2, 0) is 19.6 Å². The van der Waals surface area contributed by atoms with E-state index in [1.807, 2.05) is 6.92 Å². The predicted molar refractivity (Wildman–Crippen MR) is 121 cm³/mol. The van der Waals surface area contributed by atoms with Crippen LogP contribution in [0.1, 0.15) is 13.8 Å². The first kappa shape index (κ1) is 25.0. The molecule has 0 aliphatic carbocycles. The molecule has 33 heavy (non-hydrogen) atoms. The Morgan fingerprint density at radius 1 is 1.33 bits per heavy atom. The van der Waals surface area contributed by atoms with Crippen LogP contribution in [0, 0.1) is 5.92 Å². The number of aliphatic hydroxyl groups excluding tert-OH is 1. The van der Waals surface area contributed by atoms with Gasteiger partial charge < -0.3 is 19.5 Å². The summed E-state index contributed by atoms with van der Waals surface area (Å²) < 4.78 is 39.5. The number of ether oxygens (including phenoxy) is 2. The first-order chi connectivity index (χ1) is 15.7. The molecule has 0 unspecified atom stereocenters. The minimum Gasteiger partial charge on any atom is -0.487 e. The van der Waals surface area contributed by atoms with Gasteiger partial charge in [0, 0.05) is 50.6 Å². The third-order valence-corrected chi connectivity index (χ3v) is 7.73. The van der Waals surface area contributed by atoms with Crippen LogP contribution in [0.25, 0.3) is 11.1 Å². The van der Waals surface area contributed by atoms with Gasteiger partial charge in [0.2, 0.25) is 15.9 Å². The minimum atomic E-state index is -3.95. The molecule has 180 valence electrons. The van der Waals surface area contributed by atoms with Crippen LogP contribution in [0.2, 0.25) is 0 Å². The van der Waals surface area contributed by atoms with Gasteiger partial charge in [-0.05, 0) is 24.6 Å². The molecule has 0 saturated carbocycles. The smallest absolute Gasteiger partial charge is 0.248 e. The summed E-state index contributed by atoms with van der Waals surface area (Å²) in [5.74, 6) is -0.307. The molecule has 10 nitrogen and oxygen atoms in total. The number of rotatable bonds is 7. The lowest BCUT2D eigenvalue weighted by atomic mass is 10.0. The fourth-order valence-electron chi connectivity index (χ4n) is 3.68. The van der Waals surface area contributed by atoms with Gasteiger partial charge in [0.1, 0.15) is 29.7 Å². The number of amides is 1. The van der Waals surface area contributed by atoms with Crippen molar-refractivity contribution in [3.05, 3.63) is 36.9 Å². The van der Waals surface area contributed by atoms with Gasteiger partial charge in [-0.3, -0.25) is 4.79 Å². The molecule has 0 radical (unpaired) electrons. The average Bonchev–Trinajstić information content (AvgIpc) is 2.81. The second-order valence-electron chi connectivity index (χ2n) is 8.24. The molecule has 1 aliphatic heterocycles. The normalized spacial score (nSPS) is 21.2. The van der Waals surface area contributed by atoms with Gasteiger partial charge >= 0.3 is 0 Å². The van der Waals surface area contributed by atoms with Crippen molar-refractivity contribution in [3.63, 3.8) is 0 Å². The highest BCUT2D eigenvalue weighted by atomic mass is 32.2. The fourth-order valence-corrected chi connectivity index (χ4v) is 5.50. The molecule has 2 heterocycles. The monoisotopic (exact) mass is 478 g/mol. The van der Waals surface area contributed by atoms with E-state index in [4.69, 9.17) is 9.47 Å². The standard InChI is InChI=1S/C22H30N4O6S/c1-15-10-26(16(2)12-27)33(29,30)21-6-5-17(18-8-23-14-24-9-18)7-19(21)32-20(15)11-25(3)22(28)13-31-4/h5-9,14-16,20,27H,10-13H2,1-4H3/t15-,16-,20-/m1/s1. The van der Waals surface area contributed by atoms with E-state index in [0.717, 1.165) is 0 Å². The molecule has 0 spiro atoms. The van der Waals surface area contributed by atoms with Crippen LogP contribution < -0.4 is 4.74 Å². The molecule has 3 atom stereocenters. The second-order valence-corrected chi connectivity index (χ2v) is 10.1. The largest absolute Gasteiger partial charge is 0.487 e. The first-order valence-electron chi connectivity index (χ1n) is 10.6. The number of methoxy groups -OCH3 is 1. The van der Waals surface area contributed by atoms with Gasteiger partial charge in [0.25, 0.3) is 0 Å². The average molecular weight is 479 g/mol. The zero-order valence-electron chi connectivity index (χ0n) is 19.2. The van der Waals surface area contributed by atoms with E-state index in [-0.39, 0.29) is 48.8 Å². The first-order valence-corrected chi connectivity index (χ1v) is 12.0. The van der Waals surface area contributed by atoms with Crippen molar-refractivity contribution in [3.8, 4) is 16.9 Å². The molecular formula is C22H30N4O6S. The topological polar surface area (TPSA) is 122 Å². The summed E-state index contributed by atoms with van der Waals surface area (Å²) in [5, 5.41) is 9.73. The molecule has 1 aromatic carbocycles. The molecule has 0 bridgehead atoms. The van der Waals surface area contributed by atoms with Crippen molar-refractivity contribution in [2.75, 3.05) is 40.5 Å². The summed E-state index contributed by atoms with van der Waals surface area (Å²) in [6.07, 6.45) is 4.17. The lowest BCUT2D eigenvalue weighted by Gasteiger charge is -2.37. The van der Waals surface area contributed by atoms with Crippen molar-refractivity contribution >= 4 is 15.9 Å². The van der Waals surface area contributed by atoms with Crippen molar-refractivity contribution in [1.29, 1.82) is 0 Å². The highest BCUT2D eigenvalue weighted by Crippen LogP contribution is 2.36. The summed E-state index contributed by atoms with van der Waals surface area (Å²) >= 11 is 0. The fraction of sp³-hybridized carbons (Fsp3) is 0.500. The molecule has 1 aliphatic rings. The molecule has 3 rings (SSSR count). The zero-order chi connectivity index (χ0) is 24.2. The van der Waals surface area contributed by atoms with E-state index in [2.05, 4.69) is 9.97 Å². The number of hydrogen-bond donors (Lipinski definition) is 1. The maximum Gasteiger partial charge on any atom is 0.248 e. The molecular weight excluding hydrogens is 448 g/mol. The number of hydrogen-bond acceptors (Lipinski definition) is 8. The third kappa shape index (κ3) is 5.49. The van der Waals surface area contributed by atoms with E-state index in [0.29, 0.717) is 11.1 Å². The van der Waals surface area contributed by atoms with Gasteiger partial charge in [0.15, 0.2) is 0 Å². The number of carbonyl (C=O) groups excluding carboxylic acids is 1. The highest BCUT2D eigenvalue weighted by molar-refractivity contribution is 7.89. The van der Waals surface area contributed by atoms with Crippen LogP contribution in [0.5, 0.6) is 5.75 Å². The molecule has 0 saturated heterocycles. The Bertz CT molecular complexity index is 1070. The lowest BCUT2D eigenvalue weighted by Crippen LogP contribution is -2.50. The number of sulfonamides is 1. The molecule has 2 aromatic rings. The Kier molecular flexibility index (Phi) is 8.01. The number of nitrogens with zero attached hydrogens (tertiary/aromatic N) is 4. The van der Waals surface area contributed by atoms with Crippen molar-refractivity contribution in [2.24, 2.45) is 5.92 Å². The van der Waals surface area contributed by atoms with Gasteiger partial charge in [0.05, 0.1) is 13.2 Å². The molecule has 0 fully saturated rings. The number of benzene rings is 1. The van der Waals surface area contributed by atoms with E-state index >= 15 is 0 Å². The Morgan fingerprint density at radius 2 is 2.03 bits per heavy atom. The molecule has 1 amide bonds. The Balaban J connectivity index is 2.08. The van der Waals surface area contributed by atoms with Crippen molar-refractivity contribution < 1.29 is 27.8 Å². The summed E-state index contributed by atoms with van der Waals surface area (Å²) in [6, 6.07) is 4.19. The van der Waals surface area contributed by atoms with Gasteiger partial charge in [-0.15, -0.1) is 0 Å². The van der Waals surface area contributed by atoms with E-state index in [1.165, 1.54) is 28.7 Å². The van der Waals surface area contributed by atoms with Gasteiger partial charge in [-0.1, -0.05) is 13.0 Å². The predicted octanol–water partition coefficient (Wildman–Crippen LogP) is 1.02. The number of carbonyl (C=O) groups is 1. The quantitative estimate of drug-likeness (QED) is 0.626. The van der Waals surface area contributed by atoms with Crippen LogP contribution in [0.15, 0.2) is 41.8 Å². The SMILES string of the molecule is COCC(=O)N(C)C[C@H]1Oc2cc(-c3cncnc3)ccc2S(=O)(=O)N([C@H](C)CO)C[C@H]1C.